The number of benzene rings is 1. The first kappa shape index (κ1) is 24.5. The summed E-state index contributed by atoms with van der Waals surface area (Å²) in [5.41, 5.74) is 2.28. The number of amides is 2. The number of hydrogen-bond acceptors (Lipinski definition) is 5. The monoisotopic (exact) mass is 466 g/mol. The summed E-state index contributed by atoms with van der Waals surface area (Å²) in [6, 6.07) is 12.3. The number of aromatic nitrogens is 1. The summed E-state index contributed by atoms with van der Waals surface area (Å²) >= 11 is 0. The van der Waals surface area contributed by atoms with Crippen molar-refractivity contribution >= 4 is 11.8 Å². The first-order valence-electron chi connectivity index (χ1n) is 12.9. The van der Waals surface area contributed by atoms with Gasteiger partial charge in [-0.05, 0) is 43.6 Å². The van der Waals surface area contributed by atoms with E-state index >= 15 is 0 Å². The molecule has 0 radical (unpaired) electrons. The second-order valence-corrected chi connectivity index (χ2v) is 9.75. The Morgan fingerprint density at radius 2 is 1.68 bits per heavy atom. The zero-order chi connectivity index (χ0) is 23.6. The van der Waals surface area contributed by atoms with Gasteiger partial charge in [-0.25, -0.2) is 0 Å². The van der Waals surface area contributed by atoms with E-state index in [1.54, 1.807) is 0 Å². The first-order chi connectivity index (χ1) is 16.7. The van der Waals surface area contributed by atoms with Crippen molar-refractivity contribution in [2.45, 2.75) is 76.2 Å². The van der Waals surface area contributed by atoms with Crippen molar-refractivity contribution in [3.05, 3.63) is 53.4 Å². The van der Waals surface area contributed by atoms with Gasteiger partial charge in [-0.15, -0.1) is 0 Å². The third-order valence-electron chi connectivity index (χ3n) is 7.13. The van der Waals surface area contributed by atoms with Gasteiger partial charge in [0.25, 0.3) is 0 Å². The fraction of sp³-hybridized carbons (Fsp3) is 0.593. The van der Waals surface area contributed by atoms with E-state index in [4.69, 9.17) is 4.52 Å². The largest absolute Gasteiger partial charge is 0.360 e. The molecule has 4 rings (SSSR count). The van der Waals surface area contributed by atoms with E-state index in [0.29, 0.717) is 45.1 Å². The smallest absolute Gasteiger partial charge is 0.234 e. The van der Waals surface area contributed by atoms with Gasteiger partial charge in [0.2, 0.25) is 11.8 Å². The quantitative estimate of drug-likeness (QED) is 0.708. The molecule has 184 valence electrons. The average Bonchev–Trinajstić information content (AvgIpc) is 3.33. The van der Waals surface area contributed by atoms with E-state index < -0.39 is 0 Å². The molecule has 2 heterocycles. The predicted molar refractivity (Wildman–Crippen MR) is 131 cm³/mol. The molecule has 1 aliphatic carbocycles. The van der Waals surface area contributed by atoms with Crippen molar-refractivity contribution in [2.24, 2.45) is 0 Å². The lowest BCUT2D eigenvalue weighted by atomic mass is 9.87. The van der Waals surface area contributed by atoms with E-state index in [2.05, 4.69) is 38.9 Å². The van der Waals surface area contributed by atoms with Gasteiger partial charge in [-0.2, -0.15) is 0 Å². The van der Waals surface area contributed by atoms with Gasteiger partial charge < -0.3 is 15.2 Å². The molecule has 1 aromatic heterocycles. The minimum Gasteiger partial charge on any atom is -0.360 e. The number of nitrogens with zero attached hydrogens (tertiary/aromatic N) is 2. The van der Waals surface area contributed by atoms with Crippen LogP contribution in [-0.2, 0) is 16.1 Å². The summed E-state index contributed by atoms with van der Waals surface area (Å²) in [6.07, 6.45) is 9.08. The molecule has 1 saturated heterocycles. The van der Waals surface area contributed by atoms with Crippen LogP contribution in [0.2, 0.25) is 0 Å². The lowest BCUT2D eigenvalue weighted by Gasteiger charge is -2.22. The molecule has 7 heteroatoms. The summed E-state index contributed by atoms with van der Waals surface area (Å²) in [5, 5.41) is 10.5. The van der Waals surface area contributed by atoms with E-state index in [1.807, 2.05) is 18.2 Å². The molecule has 0 bridgehead atoms. The highest BCUT2D eigenvalue weighted by atomic mass is 16.5. The van der Waals surface area contributed by atoms with E-state index in [-0.39, 0.29) is 17.7 Å². The third kappa shape index (κ3) is 7.42. The molecule has 2 aromatic rings. The lowest BCUT2D eigenvalue weighted by molar-refractivity contribution is -0.123. The summed E-state index contributed by atoms with van der Waals surface area (Å²) in [7, 11) is 0. The van der Waals surface area contributed by atoms with Crippen molar-refractivity contribution in [1.29, 1.82) is 0 Å². The van der Waals surface area contributed by atoms with Crippen LogP contribution in [0.25, 0.3) is 0 Å². The van der Waals surface area contributed by atoms with Crippen LogP contribution in [0.4, 0.5) is 0 Å². The maximum absolute atomic E-state index is 12.7. The minimum atomic E-state index is 0.0277. The van der Waals surface area contributed by atoms with Crippen LogP contribution >= 0.6 is 0 Å². The number of hydrogen-bond donors (Lipinski definition) is 2. The molecule has 7 nitrogen and oxygen atoms in total. The van der Waals surface area contributed by atoms with Gasteiger partial charge in [-0.1, -0.05) is 54.8 Å². The Morgan fingerprint density at radius 1 is 0.882 bits per heavy atom. The molecule has 1 atom stereocenters. The number of carbonyl (C=O) groups excluding carboxylic acids is 2. The Hall–Kier alpha value is -2.67. The van der Waals surface area contributed by atoms with Gasteiger partial charge in [0, 0.05) is 38.0 Å². The van der Waals surface area contributed by atoms with E-state index in [1.165, 1.54) is 37.7 Å². The Morgan fingerprint density at radius 3 is 2.50 bits per heavy atom. The summed E-state index contributed by atoms with van der Waals surface area (Å²) in [5.74, 6) is 1.68. The standard InChI is InChI=1S/C27H38N4O3/c32-26-13-12-22(21-8-3-1-4-9-21)14-16-29-27(33)20-31(17-7-15-28-26)19-24-18-25(30-34-24)23-10-5-2-6-11-23/h1,3-4,8-9,18,22-23H,2,5-7,10-17,19-20H2,(H,28,32)(H,29,33). The number of carbonyl (C=O) groups is 2. The van der Waals surface area contributed by atoms with Crippen molar-refractivity contribution in [3.63, 3.8) is 0 Å². The average molecular weight is 467 g/mol. The molecule has 0 spiro atoms. The van der Waals surface area contributed by atoms with Crippen LogP contribution in [0.15, 0.2) is 40.9 Å². The Bertz CT molecular complexity index is 908. The van der Waals surface area contributed by atoms with Crippen LogP contribution in [-0.4, -0.2) is 48.0 Å². The minimum absolute atomic E-state index is 0.0277. The van der Waals surface area contributed by atoms with Gasteiger partial charge in [0.05, 0.1) is 18.8 Å². The van der Waals surface area contributed by atoms with Gasteiger partial charge in [0.1, 0.15) is 0 Å². The molecule has 2 N–H and O–H groups in total. The molecular formula is C27H38N4O3. The summed E-state index contributed by atoms with van der Waals surface area (Å²) in [4.78, 5) is 27.2. The molecular weight excluding hydrogens is 428 g/mol. The second-order valence-electron chi connectivity index (χ2n) is 9.75. The fourth-order valence-corrected chi connectivity index (χ4v) is 5.20. The van der Waals surface area contributed by atoms with Gasteiger partial charge >= 0.3 is 0 Å². The van der Waals surface area contributed by atoms with Crippen LogP contribution in [0.3, 0.4) is 0 Å². The number of nitrogens with one attached hydrogen (secondary N) is 2. The fourth-order valence-electron chi connectivity index (χ4n) is 5.20. The highest BCUT2D eigenvalue weighted by molar-refractivity contribution is 5.78. The highest BCUT2D eigenvalue weighted by Gasteiger charge is 2.21. The van der Waals surface area contributed by atoms with Crippen molar-refractivity contribution < 1.29 is 14.1 Å². The molecule has 34 heavy (non-hydrogen) atoms. The molecule has 2 amide bonds. The SMILES string of the molecule is O=C1CCC(c2ccccc2)CCNC(=O)CN(Cc2cc(C3CCCCC3)no2)CCCN1. The maximum atomic E-state index is 12.7. The van der Waals surface area contributed by atoms with Crippen molar-refractivity contribution in [2.75, 3.05) is 26.2 Å². The normalized spacial score (nSPS) is 22.5. The second kappa shape index (κ2) is 12.7. The predicted octanol–water partition coefficient (Wildman–Crippen LogP) is 4.11. The highest BCUT2D eigenvalue weighted by Crippen LogP contribution is 2.32. The van der Waals surface area contributed by atoms with Crippen LogP contribution < -0.4 is 10.6 Å². The molecule has 2 aliphatic rings. The summed E-state index contributed by atoms with van der Waals surface area (Å²) in [6.45, 7) is 2.77. The van der Waals surface area contributed by atoms with E-state index in [9.17, 15) is 9.59 Å². The Balaban J connectivity index is 1.36. The number of rotatable bonds is 4. The molecule has 2 fully saturated rings. The molecule has 1 aliphatic heterocycles. The zero-order valence-corrected chi connectivity index (χ0v) is 20.1. The maximum Gasteiger partial charge on any atom is 0.234 e. The Labute approximate surface area is 202 Å². The first-order valence-corrected chi connectivity index (χ1v) is 12.9. The van der Waals surface area contributed by atoms with Crippen LogP contribution in [0.1, 0.15) is 86.6 Å². The lowest BCUT2D eigenvalue weighted by Crippen LogP contribution is -2.39. The van der Waals surface area contributed by atoms with Gasteiger partial charge in [-0.3, -0.25) is 14.5 Å². The topological polar surface area (TPSA) is 87.5 Å². The molecule has 1 aromatic carbocycles. The van der Waals surface area contributed by atoms with E-state index in [0.717, 1.165) is 30.7 Å². The molecule has 1 unspecified atom stereocenters. The van der Waals surface area contributed by atoms with Crippen molar-refractivity contribution in [1.82, 2.24) is 20.7 Å². The van der Waals surface area contributed by atoms with Gasteiger partial charge in [0.15, 0.2) is 5.76 Å². The zero-order valence-electron chi connectivity index (χ0n) is 20.1. The van der Waals surface area contributed by atoms with Crippen LogP contribution in [0, 0.1) is 0 Å². The third-order valence-corrected chi connectivity index (χ3v) is 7.13. The van der Waals surface area contributed by atoms with Crippen molar-refractivity contribution in [3.8, 4) is 0 Å². The van der Waals surface area contributed by atoms with Crippen LogP contribution in [0.5, 0.6) is 0 Å². The Kier molecular flexibility index (Phi) is 9.13. The molecule has 1 saturated carbocycles. The summed E-state index contributed by atoms with van der Waals surface area (Å²) < 4.78 is 5.65.